The van der Waals surface area contributed by atoms with Gasteiger partial charge in [-0.15, -0.1) is 11.6 Å². The van der Waals surface area contributed by atoms with Crippen molar-refractivity contribution in [3.8, 4) is 0 Å². The van der Waals surface area contributed by atoms with E-state index in [0.29, 0.717) is 6.61 Å². The summed E-state index contributed by atoms with van der Waals surface area (Å²) >= 11 is 5.37. The molecule has 4 heteroatoms. The number of hydrogen-bond acceptors (Lipinski definition) is 2. The van der Waals surface area contributed by atoms with Gasteiger partial charge in [0.25, 0.3) is 0 Å². The standard InChI is InChI=1S/C10H12ClFO2/c11-5-10(13)7-14-6-8-1-3-9(12)4-2-8/h1-4,10,13H,5-7H2. The van der Waals surface area contributed by atoms with E-state index >= 15 is 0 Å². The van der Waals surface area contributed by atoms with Crippen molar-refractivity contribution in [3.63, 3.8) is 0 Å². The molecule has 0 bridgehead atoms. The molecule has 0 aromatic heterocycles. The van der Waals surface area contributed by atoms with Crippen molar-refractivity contribution in [1.29, 1.82) is 0 Å². The summed E-state index contributed by atoms with van der Waals surface area (Å²) in [5.74, 6) is -0.113. The average molecular weight is 219 g/mol. The fourth-order valence-electron chi connectivity index (χ4n) is 0.938. The molecule has 0 radical (unpaired) electrons. The summed E-state index contributed by atoms with van der Waals surface area (Å²) in [6.07, 6.45) is -0.642. The van der Waals surface area contributed by atoms with E-state index in [1.807, 2.05) is 0 Å². The fraction of sp³-hybridized carbons (Fsp3) is 0.400. The van der Waals surface area contributed by atoms with Crippen molar-refractivity contribution in [1.82, 2.24) is 0 Å². The minimum Gasteiger partial charge on any atom is -0.389 e. The van der Waals surface area contributed by atoms with E-state index in [1.54, 1.807) is 12.1 Å². The Kier molecular flexibility index (Phi) is 4.87. The fourth-order valence-corrected chi connectivity index (χ4v) is 1.03. The Hall–Kier alpha value is -0.640. The first-order valence-electron chi connectivity index (χ1n) is 4.28. The van der Waals surface area contributed by atoms with Gasteiger partial charge in [0.15, 0.2) is 0 Å². The largest absolute Gasteiger partial charge is 0.389 e. The maximum atomic E-state index is 12.5. The van der Waals surface area contributed by atoms with Crippen LogP contribution in [0.4, 0.5) is 4.39 Å². The van der Waals surface area contributed by atoms with Gasteiger partial charge >= 0.3 is 0 Å². The van der Waals surface area contributed by atoms with E-state index in [2.05, 4.69) is 0 Å². The third-order valence-corrected chi connectivity index (χ3v) is 2.03. The Bertz CT molecular complexity index is 263. The number of halogens is 2. The van der Waals surface area contributed by atoms with Crippen molar-refractivity contribution in [2.75, 3.05) is 12.5 Å². The number of aliphatic hydroxyl groups excluding tert-OH is 1. The van der Waals surface area contributed by atoms with Gasteiger partial charge in [-0.1, -0.05) is 12.1 Å². The van der Waals surface area contributed by atoms with Crippen LogP contribution in [0.15, 0.2) is 24.3 Å². The molecule has 2 nitrogen and oxygen atoms in total. The maximum absolute atomic E-state index is 12.5. The Morgan fingerprint density at radius 2 is 2.00 bits per heavy atom. The quantitative estimate of drug-likeness (QED) is 0.766. The highest BCUT2D eigenvalue weighted by molar-refractivity contribution is 6.18. The summed E-state index contributed by atoms with van der Waals surface area (Å²) in [4.78, 5) is 0. The zero-order valence-electron chi connectivity index (χ0n) is 7.62. The lowest BCUT2D eigenvalue weighted by Gasteiger charge is -2.07. The van der Waals surface area contributed by atoms with E-state index in [4.69, 9.17) is 21.4 Å². The highest BCUT2D eigenvalue weighted by atomic mass is 35.5. The van der Waals surface area contributed by atoms with Crippen molar-refractivity contribution in [2.24, 2.45) is 0 Å². The van der Waals surface area contributed by atoms with Gasteiger partial charge in [-0.2, -0.15) is 0 Å². The van der Waals surface area contributed by atoms with Crippen molar-refractivity contribution < 1.29 is 14.2 Å². The van der Waals surface area contributed by atoms with E-state index in [-0.39, 0.29) is 18.3 Å². The highest BCUT2D eigenvalue weighted by Gasteiger charge is 2.01. The van der Waals surface area contributed by atoms with Crippen LogP contribution in [-0.4, -0.2) is 23.7 Å². The summed E-state index contributed by atoms with van der Waals surface area (Å²) < 4.78 is 17.6. The molecule has 1 N–H and O–H groups in total. The number of alkyl halides is 1. The van der Waals surface area contributed by atoms with Gasteiger partial charge in [0.2, 0.25) is 0 Å². The zero-order valence-corrected chi connectivity index (χ0v) is 8.38. The first-order valence-corrected chi connectivity index (χ1v) is 4.82. The molecule has 1 aromatic rings. The minimum absolute atomic E-state index is 0.156. The maximum Gasteiger partial charge on any atom is 0.123 e. The van der Waals surface area contributed by atoms with Crippen molar-refractivity contribution in [3.05, 3.63) is 35.6 Å². The summed E-state index contributed by atoms with van der Waals surface area (Å²) in [5, 5.41) is 9.06. The Labute approximate surface area is 87.3 Å². The molecule has 0 saturated heterocycles. The smallest absolute Gasteiger partial charge is 0.123 e. The van der Waals surface area contributed by atoms with Crippen LogP contribution in [0, 0.1) is 5.82 Å². The van der Waals surface area contributed by atoms with Crippen LogP contribution in [0.25, 0.3) is 0 Å². The van der Waals surface area contributed by atoms with Gasteiger partial charge in [-0.25, -0.2) is 4.39 Å². The number of benzene rings is 1. The molecule has 1 aromatic carbocycles. The molecule has 0 saturated carbocycles. The second-order valence-electron chi connectivity index (χ2n) is 2.95. The van der Waals surface area contributed by atoms with Gasteiger partial charge < -0.3 is 9.84 Å². The van der Waals surface area contributed by atoms with Crippen LogP contribution in [0.3, 0.4) is 0 Å². The van der Waals surface area contributed by atoms with E-state index in [9.17, 15) is 4.39 Å². The van der Waals surface area contributed by atoms with Gasteiger partial charge in [-0.05, 0) is 17.7 Å². The summed E-state index contributed by atoms with van der Waals surface area (Å²) in [5.41, 5.74) is 0.869. The molecule has 0 spiro atoms. The zero-order chi connectivity index (χ0) is 10.4. The SMILES string of the molecule is OC(CCl)COCc1ccc(F)cc1. The monoisotopic (exact) mass is 218 g/mol. The Morgan fingerprint density at radius 3 is 2.57 bits per heavy atom. The lowest BCUT2D eigenvalue weighted by atomic mass is 10.2. The van der Waals surface area contributed by atoms with Gasteiger partial charge in [0.1, 0.15) is 5.82 Å². The predicted octanol–water partition coefficient (Wildman–Crippen LogP) is 1.94. The number of ether oxygens (including phenoxy) is 1. The van der Waals surface area contributed by atoms with Crippen molar-refractivity contribution in [2.45, 2.75) is 12.7 Å². The Balaban J connectivity index is 2.28. The highest BCUT2D eigenvalue weighted by Crippen LogP contribution is 2.04. The second-order valence-corrected chi connectivity index (χ2v) is 3.26. The molecule has 0 fully saturated rings. The lowest BCUT2D eigenvalue weighted by Crippen LogP contribution is -2.16. The number of aliphatic hydroxyl groups is 1. The predicted molar refractivity (Wildman–Crippen MR) is 52.8 cm³/mol. The summed E-state index contributed by atoms with van der Waals surface area (Å²) in [7, 11) is 0. The molecule has 0 aliphatic heterocycles. The van der Waals surface area contributed by atoms with Gasteiger partial charge in [0, 0.05) is 0 Å². The molecular weight excluding hydrogens is 207 g/mol. The topological polar surface area (TPSA) is 29.5 Å². The first kappa shape index (κ1) is 11.4. The molecule has 1 atom stereocenters. The Morgan fingerprint density at radius 1 is 1.36 bits per heavy atom. The third kappa shape index (κ3) is 4.05. The van der Waals surface area contributed by atoms with E-state index in [1.165, 1.54) is 12.1 Å². The molecular formula is C10H12ClFO2. The number of rotatable bonds is 5. The van der Waals surface area contributed by atoms with Crippen LogP contribution in [0.5, 0.6) is 0 Å². The molecule has 1 unspecified atom stereocenters. The van der Waals surface area contributed by atoms with Crippen LogP contribution >= 0.6 is 11.6 Å². The van der Waals surface area contributed by atoms with Gasteiger partial charge in [0.05, 0.1) is 25.2 Å². The van der Waals surface area contributed by atoms with E-state index < -0.39 is 6.10 Å². The summed E-state index contributed by atoms with van der Waals surface area (Å²) in [6, 6.07) is 6.03. The lowest BCUT2D eigenvalue weighted by molar-refractivity contribution is 0.0391. The summed E-state index contributed by atoms with van der Waals surface area (Å²) in [6.45, 7) is 0.551. The normalized spacial score (nSPS) is 12.8. The van der Waals surface area contributed by atoms with Gasteiger partial charge in [-0.3, -0.25) is 0 Å². The van der Waals surface area contributed by atoms with Crippen LogP contribution in [-0.2, 0) is 11.3 Å². The molecule has 14 heavy (non-hydrogen) atoms. The second kappa shape index (κ2) is 5.96. The van der Waals surface area contributed by atoms with Crippen LogP contribution in [0.2, 0.25) is 0 Å². The van der Waals surface area contributed by atoms with E-state index in [0.717, 1.165) is 5.56 Å². The molecule has 0 aliphatic carbocycles. The molecule has 1 rings (SSSR count). The number of hydrogen-bond donors (Lipinski definition) is 1. The average Bonchev–Trinajstić information content (AvgIpc) is 2.21. The minimum atomic E-state index is -0.642. The van der Waals surface area contributed by atoms with Crippen LogP contribution < -0.4 is 0 Å². The first-order chi connectivity index (χ1) is 6.72. The molecule has 0 aliphatic rings. The third-order valence-electron chi connectivity index (χ3n) is 1.67. The van der Waals surface area contributed by atoms with Crippen molar-refractivity contribution >= 4 is 11.6 Å². The molecule has 0 heterocycles. The van der Waals surface area contributed by atoms with Crippen LogP contribution in [0.1, 0.15) is 5.56 Å². The molecule has 78 valence electrons. The molecule has 0 amide bonds.